The summed E-state index contributed by atoms with van der Waals surface area (Å²) in [7, 11) is 0. The highest BCUT2D eigenvalue weighted by molar-refractivity contribution is 9.10. The van der Waals surface area contributed by atoms with Gasteiger partial charge in [-0.05, 0) is 5.92 Å². The van der Waals surface area contributed by atoms with E-state index in [-0.39, 0.29) is 29.8 Å². The molecule has 4 nitrogen and oxygen atoms in total. The molecule has 0 spiro atoms. The van der Waals surface area contributed by atoms with Crippen LogP contribution in [0.25, 0.3) is 0 Å². The molecular weight excluding hydrogens is 238 g/mol. The first-order valence-corrected chi connectivity index (χ1v) is 5.11. The van der Waals surface area contributed by atoms with Crippen LogP contribution in [0.2, 0.25) is 0 Å². The van der Waals surface area contributed by atoms with Gasteiger partial charge in [-0.3, -0.25) is 4.79 Å². The SMILES string of the molecule is CC(C)C(Br)C(=O)NCC(O)CO. The molecule has 78 valence electrons. The largest absolute Gasteiger partial charge is 0.394 e. The van der Waals surface area contributed by atoms with E-state index in [1.54, 1.807) is 0 Å². The van der Waals surface area contributed by atoms with Gasteiger partial charge in [-0.2, -0.15) is 0 Å². The summed E-state index contributed by atoms with van der Waals surface area (Å²) >= 11 is 3.22. The number of carbonyl (C=O) groups excluding carboxylic acids is 1. The molecule has 0 heterocycles. The minimum absolute atomic E-state index is 0.0875. The number of aliphatic hydroxyl groups excluding tert-OH is 2. The van der Waals surface area contributed by atoms with E-state index >= 15 is 0 Å². The van der Waals surface area contributed by atoms with Crippen LogP contribution in [0.5, 0.6) is 0 Å². The van der Waals surface area contributed by atoms with E-state index in [9.17, 15) is 4.79 Å². The minimum Gasteiger partial charge on any atom is -0.394 e. The van der Waals surface area contributed by atoms with Crippen LogP contribution >= 0.6 is 15.9 Å². The van der Waals surface area contributed by atoms with Crippen LogP contribution < -0.4 is 5.32 Å². The second-order valence-corrected chi connectivity index (χ2v) is 4.21. The average Bonchev–Trinajstić information content (AvgIpc) is 2.11. The maximum atomic E-state index is 11.3. The van der Waals surface area contributed by atoms with E-state index < -0.39 is 6.10 Å². The Hall–Kier alpha value is -0.130. The first-order chi connectivity index (χ1) is 5.99. The number of carbonyl (C=O) groups is 1. The van der Waals surface area contributed by atoms with Crippen molar-refractivity contribution in [1.29, 1.82) is 0 Å². The van der Waals surface area contributed by atoms with Gasteiger partial charge in [0.2, 0.25) is 5.91 Å². The van der Waals surface area contributed by atoms with Gasteiger partial charge in [-0.1, -0.05) is 29.8 Å². The smallest absolute Gasteiger partial charge is 0.234 e. The monoisotopic (exact) mass is 253 g/mol. The lowest BCUT2D eigenvalue weighted by Crippen LogP contribution is -2.39. The molecule has 0 rings (SSSR count). The fraction of sp³-hybridized carbons (Fsp3) is 0.875. The molecule has 0 aromatic carbocycles. The van der Waals surface area contributed by atoms with Crippen LogP contribution in [0, 0.1) is 5.92 Å². The van der Waals surface area contributed by atoms with Gasteiger partial charge in [-0.25, -0.2) is 0 Å². The van der Waals surface area contributed by atoms with Gasteiger partial charge in [0.25, 0.3) is 0 Å². The van der Waals surface area contributed by atoms with Gasteiger partial charge in [-0.15, -0.1) is 0 Å². The predicted octanol–water partition coefficient (Wildman–Crippen LogP) is -0.125. The molecule has 1 amide bonds. The normalized spacial score (nSPS) is 15.5. The molecular formula is C8H16BrNO3. The summed E-state index contributed by atoms with van der Waals surface area (Å²) in [6, 6.07) is 0. The predicted molar refractivity (Wildman–Crippen MR) is 53.7 cm³/mol. The topological polar surface area (TPSA) is 69.6 Å². The number of halogens is 1. The number of amides is 1. The zero-order valence-electron chi connectivity index (χ0n) is 7.83. The molecule has 0 bridgehead atoms. The third-order valence-electron chi connectivity index (χ3n) is 1.56. The van der Waals surface area contributed by atoms with E-state index in [0.29, 0.717) is 0 Å². The van der Waals surface area contributed by atoms with Gasteiger partial charge in [0.15, 0.2) is 0 Å². The Kier molecular flexibility index (Phi) is 6.28. The molecule has 0 saturated heterocycles. The standard InChI is InChI=1S/C8H16BrNO3/c1-5(2)7(9)8(13)10-3-6(12)4-11/h5-7,11-12H,3-4H2,1-2H3,(H,10,13). The molecule has 0 saturated carbocycles. The number of rotatable bonds is 5. The van der Waals surface area contributed by atoms with E-state index in [4.69, 9.17) is 10.2 Å². The zero-order chi connectivity index (χ0) is 10.4. The van der Waals surface area contributed by atoms with Crippen LogP contribution in [-0.4, -0.2) is 40.2 Å². The Morgan fingerprint density at radius 1 is 1.54 bits per heavy atom. The molecule has 0 radical (unpaired) electrons. The van der Waals surface area contributed by atoms with Crippen LogP contribution in [0.3, 0.4) is 0 Å². The lowest BCUT2D eigenvalue weighted by Gasteiger charge is -2.15. The van der Waals surface area contributed by atoms with E-state index in [0.717, 1.165) is 0 Å². The fourth-order valence-electron chi connectivity index (χ4n) is 0.683. The van der Waals surface area contributed by atoms with Crippen molar-refractivity contribution in [3.05, 3.63) is 0 Å². The highest BCUT2D eigenvalue weighted by Crippen LogP contribution is 2.11. The van der Waals surface area contributed by atoms with Crippen LogP contribution in [0.1, 0.15) is 13.8 Å². The van der Waals surface area contributed by atoms with Crippen molar-refractivity contribution in [2.45, 2.75) is 24.8 Å². The minimum atomic E-state index is -0.879. The molecule has 0 aliphatic rings. The van der Waals surface area contributed by atoms with Crippen molar-refractivity contribution in [3.63, 3.8) is 0 Å². The van der Waals surface area contributed by atoms with E-state index in [1.165, 1.54) is 0 Å². The number of aliphatic hydroxyl groups is 2. The summed E-state index contributed by atoms with van der Waals surface area (Å²) < 4.78 is 0. The third-order valence-corrected chi connectivity index (χ3v) is 3.03. The second kappa shape index (κ2) is 6.34. The van der Waals surface area contributed by atoms with Crippen LogP contribution in [0.15, 0.2) is 0 Å². The number of hydrogen-bond acceptors (Lipinski definition) is 3. The maximum absolute atomic E-state index is 11.3. The van der Waals surface area contributed by atoms with Gasteiger partial charge in [0.1, 0.15) is 0 Å². The second-order valence-electron chi connectivity index (χ2n) is 3.23. The Labute approximate surface area is 86.5 Å². The summed E-state index contributed by atoms with van der Waals surface area (Å²) in [5.41, 5.74) is 0. The molecule has 13 heavy (non-hydrogen) atoms. The fourth-order valence-corrected chi connectivity index (χ4v) is 0.845. The molecule has 0 aliphatic heterocycles. The van der Waals surface area contributed by atoms with Crippen molar-refractivity contribution in [2.24, 2.45) is 5.92 Å². The lowest BCUT2D eigenvalue weighted by atomic mass is 10.1. The number of alkyl halides is 1. The maximum Gasteiger partial charge on any atom is 0.234 e. The van der Waals surface area contributed by atoms with Gasteiger partial charge in [0, 0.05) is 6.54 Å². The van der Waals surface area contributed by atoms with Gasteiger partial charge in [0.05, 0.1) is 17.5 Å². The Morgan fingerprint density at radius 2 is 2.08 bits per heavy atom. The summed E-state index contributed by atoms with van der Waals surface area (Å²) in [4.78, 5) is 11.0. The third kappa shape index (κ3) is 5.23. The van der Waals surface area contributed by atoms with Crippen LogP contribution in [-0.2, 0) is 4.79 Å². The average molecular weight is 254 g/mol. The molecule has 5 heteroatoms. The molecule has 0 aliphatic carbocycles. The lowest BCUT2D eigenvalue weighted by molar-refractivity contribution is -0.121. The summed E-state index contributed by atoms with van der Waals surface area (Å²) in [5, 5.41) is 19.9. The highest BCUT2D eigenvalue weighted by atomic mass is 79.9. The Balaban J connectivity index is 3.74. The molecule has 3 N–H and O–H groups in total. The molecule has 0 aromatic rings. The Bertz CT molecular complexity index is 163. The summed E-state index contributed by atoms with van der Waals surface area (Å²) in [5.74, 6) is 0.0359. The zero-order valence-corrected chi connectivity index (χ0v) is 9.41. The molecule has 2 atom stereocenters. The van der Waals surface area contributed by atoms with Crippen molar-refractivity contribution in [1.82, 2.24) is 5.32 Å². The number of nitrogens with one attached hydrogen (secondary N) is 1. The molecule has 0 aromatic heterocycles. The quantitative estimate of drug-likeness (QED) is 0.599. The van der Waals surface area contributed by atoms with E-state index in [2.05, 4.69) is 21.2 Å². The van der Waals surface area contributed by atoms with E-state index in [1.807, 2.05) is 13.8 Å². The van der Waals surface area contributed by atoms with Crippen molar-refractivity contribution >= 4 is 21.8 Å². The molecule has 2 unspecified atom stereocenters. The van der Waals surface area contributed by atoms with Crippen molar-refractivity contribution in [2.75, 3.05) is 13.2 Å². The summed E-state index contributed by atoms with van der Waals surface area (Å²) in [6.07, 6.45) is -0.879. The van der Waals surface area contributed by atoms with Crippen LogP contribution in [0.4, 0.5) is 0 Å². The van der Waals surface area contributed by atoms with Gasteiger partial charge < -0.3 is 15.5 Å². The first kappa shape index (κ1) is 12.9. The van der Waals surface area contributed by atoms with Crippen molar-refractivity contribution < 1.29 is 15.0 Å². The summed E-state index contributed by atoms with van der Waals surface area (Å²) in [6.45, 7) is 3.59. The highest BCUT2D eigenvalue weighted by Gasteiger charge is 2.18. The Morgan fingerprint density at radius 3 is 2.46 bits per heavy atom. The first-order valence-electron chi connectivity index (χ1n) is 4.19. The molecule has 0 fully saturated rings. The van der Waals surface area contributed by atoms with Crippen molar-refractivity contribution in [3.8, 4) is 0 Å². The van der Waals surface area contributed by atoms with Gasteiger partial charge >= 0.3 is 0 Å². The number of hydrogen-bond donors (Lipinski definition) is 3.